The van der Waals surface area contributed by atoms with Gasteiger partial charge in [-0.2, -0.15) is 0 Å². The first kappa shape index (κ1) is 13.2. The van der Waals surface area contributed by atoms with Crippen LogP contribution >= 0.6 is 0 Å². The number of para-hydroxylation sites is 1. The number of anilines is 1. The Labute approximate surface area is 101 Å². The van der Waals surface area contributed by atoms with Crippen molar-refractivity contribution in [2.75, 3.05) is 5.32 Å². The number of carboxylic acids is 1. The lowest BCUT2D eigenvalue weighted by Gasteiger charge is -2.23. The monoisotopic (exact) mass is 234 g/mol. The maximum Gasteiger partial charge on any atom is 0.230 e. The van der Waals surface area contributed by atoms with Crippen LogP contribution in [0.25, 0.3) is 0 Å². The van der Waals surface area contributed by atoms with E-state index in [1.165, 1.54) is 0 Å². The van der Waals surface area contributed by atoms with Crippen molar-refractivity contribution in [2.45, 2.75) is 26.7 Å². The zero-order valence-electron chi connectivity index (χ0n) is 10.0. The summed E-state index contributed by atoms with van der Waals surface area (Å²) in [6.07, 6.45) is 0.142. The Bertz CT molecular complexity index is 398. The number of hydrogen-bond donors (Lipinski definition) is 1. The highest BCUT2D eigenvalue weighted by Crippen LogP contribution is 2.24. The van der Waals surface area contributed by atoms with Gasteiger partial charge >= 0.3 is 0 Å². The first-order chi connectivity index (χ1) is 7.92. The minimum absolute atomic E-state index is 0.116. The van der Waals surface area contributed by atoms with Crippen LogP contribution in [0.2, 0.25) is 0 Å². The molecule has 0 atom stereocenters. The molecule has 4 heteroatoms. The molecule has 0 fully saturated rings. The molecule has 0 radical (unpaired) electrons. The van der Waals surface area contributed by atoms with Crippen molar-refractivity contribution in [3.8, 4) is 0 Å². The molecule has 1 aromatic rings. The summed E-state index contributed by atoms with van der Waals surface area (Å²) in [5.41, 5.74) is -0.0188. The maximum atomic E-state index is 11.9. The van der Waals surface area contributed by atoms with Gasteiger partial charge in [-0.25, -0.2) is 0 Å². The molecule has 0 aliphatic rings. The summed E-state index contributed by atoms with van der Waals surface area (Å²) in [5.74, 6) is -1.32. The van der Waals surface area contributed by atoms with Gasteiger partial charge in [0.15, 0.2) is 0 Å². The molecule has 0 bridgehead atoms. The second-order valence-electron chi connectivity index (χ2n) is 4.58. The van der Waals surface area contributed by atoms with Crippen LogP contribution < -0.4 is 10.4 Å². The highest BCUT2D eigenvalue weighted by atomic mass is 16.4. The van der Waals surface area contributed by atoms with Crippen LogP contribution in [0.4, 0.5) is 5.69 Å². The van der Waals surface area contributed by atoms with Crippen LogP contribution in [-0.2, 0) is 9.59 Å². The summed E-state index contributed by atoms with van der Waals surface area (Å²) < 4.78 is 0. The quantitative estimate of drug-likeness (QED) is 0.831. The van der Waals surface area contributed by atoms with E-state index in [1.54, 1.807) is 26.0 Å². The molecule has 0 aliphatic carbocycles. The molecule has 0 aromatic heterocycles. The summed E-state index contributed by atoms with van der Waals surface area (Å²) >= 11 is 0. The molecular formula is C13H16NO3-. The van der Waals surface area contributed by atoms with E-state index in [-0.39, 0.29) is 18.7 Å². The maximum absolute atomic E-state index is 11.9. The minimum Gasteiger partial charge on any atom is -0.550 e. The van der Waals surface area contributed by atoms with Gasteiger partial charge in [0.25, 0.3) is 0 Å². The van der Waals surface area contributed by atoms with E-state index < -0.39 is 11.4 Å². The van der Waals surface area contributed by atoms with Crippen LogP contribution in [0.5, 0.6) is 0 Å². The number of rotatable bonds is 5. The van der Waals surface area contributed by atoms with Crippen molar-refractivity contribution in [3.63, 3.8) is 0 Å². The molecule has 0 spiro atoms. The Balaban J connectivity index is 2.60. The van der Waals surface area contributed by atoms with Gasteiger partial charge in [0, 0.05) is 17.1 Å². The van der Waals surface area contributed by atoms with Gasteiger partial charge in [-0.15, -0.1) is 0 Å². The number of hydrogen-bond acceptors (Lipinski definition) is 3. The van der Waals surface area contributed by atoms with E-state index in [1.807, 2.05) is 18.2 Å². The lowest BCUT2D eigenvalue weighted by molar-refractivity contribution is -0.306. The predicted molar refractivity (Wildman–Crippen MR) is 63.1 cm³/mol. The van der Waals surface area contributed by atoms with Gasteiger partial charge < -0.3 is 15.2 Å². The van der Waals surface area contributed by atoms with Crippen molar-refractivity contribution < 1.29 is 14.7 Å². The van der Waals surface area contributed by atoms with Crippen LogP contribution in [0.15, 0.2) is 30.3 Å². The fourth-order valence-corrected chi connectivity index (χ4v) is 1.35. The van der Waals surface area contributed by atoms with Crippen molar-refractivity contribution in [2.24, 2.45) is 5.41 Å². The normalized spacial score (nSPS) is 10.9. The lowest BCUT2D eigenvalue weighted by Crippen LogP contribution is -2.33. The predicted octanol–water partition coefficient (Wildman–Crippen LogP) is 1.18. The second-order valence-corrected chi connectivity index (χ2v) is 4.58. The third kappa shape index (κ3) is 4.26. The zero-order valence-corrected chi connectivity index (χ0v) is 10.0. The zero-order chi connectivity index (χ0) is 12.9. The summed E-state index contributed by atoms with van der Waals surface area (Å²) in [5, 5.41) is 13.1. The highest BCUT2D eigenvalue weighted by Gasteiger charge is 2.27. The Morgan fingerprint density at radius 1 is 1.24 bits per heavy atom. The molecule has 0 heterocycles. The smallest absolute Gasteiger partial charge is 0.230 e. The number of carboxylic acid groups (broad SMARTS) is 1. The largest absolute Gasteiger partial charge is 0.550 e. The Hall–Kier alpha value is -1.84. The summed E-state index contributed by atoms with van der Waals surface area (Å²) in [7, 11) is 0. The van der Waals surface area contributed by atoms with E-state index in [0.717, 1.165) is 0 Å². The molecule has 4 nitrogen and oxygen atoms in total. The second kappa shape index (κ2) is 5.48. The number of amides is 1. The average Bonchev–Trinajstić information content (AvgIpc) is 2.28. The number of aliphatic carboxylic acids is 1. The average molecular weight is 234 g/mol. The molecule has 0 saturated carbocycles. The molecule has 1 N–H and O–H groups in total. The molecule has 0 aliphatic heterocycles. The standard InChI is InChI=1S/C13H17NO3/c1-13(2,9-8-11(15)16)12(17)14-10-6-4-3-5-7-10/h3-7H,8-9H2,1-2H3,(H,14,17)(H,15,16)/p-1. The molecule has 1 amide bonds. The van der Waals surface area contributed by atoms with Crippen molar-refractivity contribution in [1.29, 1.82) is 0 Å². The van der Waals surface area contributed by atoms with Crippen LogP contribution in [-0.4, -0.2) is 11.9 Å². The number of carbonyl (C=O) groups excluding carboxylic acids is 2. The lowest BCUT2D eigenvalue weighted by atomic mass is 9.86. The Morgan fingerprint density at radius 2 is 1.82 bits per heavy atom. The minimum atomic E-state index is -1.13. The SMILES string of the molecule is CC(C)(CCC(=O)[O-])C(=O)Nc1ccccc1. The molecule has 1 rings (SSSR count). The van der Waals surface area contributed by atoms with Crippen molar-refractivity contribution in [1.82, 2.24) is 0 Å². The van der Waals surface area contributed by atoms with E-state index in [0.29, 0.717) is 5.69 Å². The Kier molecular flexibility index (Phi) is 4.26. The van der Waals surface area contributed by atoms with Crippen LogP contribution in [0.1, 0.15) is 26.7 Å². The van der Waals surface area contributed by atoms with Crippen molar-refractivity contribution >= 4 is 17.6 Å². The van der Waals surface area contributed by atoms with Gasteiger partial charge in [-0.05, 0) is 25.0 Å². The number of carbonyl (C=O) groups is 2. The van der Waals surface area contributed by atoms with Crippen LogP contribution in [0.3, 0.4) is 0 Å². The van der Waals surface area contributed by atoms with Gasteiger partial charge in [-0.3, -0.25) is 4.79 Å². The van der Waals surface area contributed by atoms with E-state index in [4.69, 9.17) is 0 Å². The van der Waals surface area contributed by atoms with Crippen LogP contribution in [0, 0.1) is 5.41 Å². The van der Waals surface area contributed by atoms with E-state index >= 15 is 0 Å². The number of nitrogens with one attached hydrogen (secondary N) is 1. The third-order valence-corrected chi connectivity index (χ3v) is 2.60. The summed E-state index contributed by atoms with van der Waals surface area (Å²) in [6.45, 7) is 3.43. The fraction of sp³-hybridized carbons (Fsp3) is 0.385. The third-order valence-electron chi connectivity index (χ3n) is 2.60. The first-order valence-electron chi connectivity index (χ1n) is 5.48. The number of benzene rings is 1. The fourth-order valence-electron chi connectivity index (χ4n) is 1.35. The van der Waals surface area contributed by atoms with E-state index in [2.05, 4.69) is 5.32 Å². The molecule has 92 valence electrons. The van der Waals surface area contributed by atoms with E-state index in [9.17, 15) is 14.7 Å². The molecule has 0 unspecified atom stereocenters. The summed E-state index contributed by atoms with van der Waals surface area (Å²) in [6, 6.07) is 9.07. The molecule has 17 heavy (non-hydrogen) atoms. The highest BCUT2D eigenvalue weighted by molar-refractivity contribution is 5.94. The molecular weight excluding hydrogens is 218 g/mol. The summed E-state index contributed by atoms with van der Waals surface area (Å²) in [4.78, 5) is 22.3. The first-order valence-corrected chi connectivity index (χ1v) is 5.48. The van der Waals surface area contributed by atoms with Gasteiger partial charge in [0.05, 0.1) is 0 Å². The molecule has 1 aromatic carbocycles. The molecule has 0 saturated heterocycles. The van der Waals surface area contributed by atoms with Gasteiger partial charge in [-0.1, -0.05) is 32.0 Å². The van der Waals surface area contributed by atoms with Gasteiger partial charge in [0.1, 0.15) is 0 Å². The van der Waals surface area contributed by atoms with Gasteiger partial charge in [0.2, 0.25) is 5.91 Å². The Morgan fingerprint density at radius 3 is 2.35 bits per heavy atom. The van der Waals surface area contributed by atoms with Crippen molar-refractivity contribution in [3.05, 3.63) is 30.3 Å². The topological polar surface area (TPSA) is 69.2 Å².